The molecule has 1 amide bonds. The molecule has 0 spiro atoms. The number of nitrogens with two attached hydrogens (primary N) is 1. The average Bonchev–Trinajstić information content (AvgIpc) is 3.18. The number of hydrogen-bond donors (Lipinski definition) is 4. The lowest BCUT2D eigenvalue weighted by atomic mass is 9.59. The van der Waals surface area contributed by atoms with Crippen molar-refractivity contribution in [1.82, 2.24) is 9.80 Å². The summed E-state index contributed by atoms with van der Waals surface area (Å²) in [4.78, 5) is 45.5. The summed E-state index contributed by atoms with van der Waals surface area (Å²) in [5, 5.41) is 33.6. The molecular formula is C28H34N4O6. The maximum atomic E-state index is 13.9. The van der Waals surface area contributed by atoms with Crippen molar-refractivity contribution in [1.29, 1.82) is 0 Å². The molecule has 10 heteroatoms. The number of benzene rings is 1. The summed E-state index contributed by atoms with van der Waals surface area (Å²) in [7, 11) is 7.55. The number of ketones is 2. The van der Waals surface area contributed by atoms with Gasteiger partial charge in [-0.1, -0.05) is 0 Å². The van der Waals surface area contributed by atoms with Gasteiger partial charge in [0.1, 0.15) is 22.8 Å². The minimum absolute atomic E-state index is 0.0806. The Morgan fingerprint density at radius 3 is 2.50 bits per heavy atom. The van der Waals surface area contributed by atoms with Gasteiger partial charge >= 0.3 is 0 Å². The van der Waals surface area contributed by atoms with Crippen LogP contribution in [0.25, 0.3) is 5.76 Å². The fourth-order valence-electron chi connectivity index (χ4n) is 8.18. The number of aliphatic hydroxyl groups is 2. The van der Waals surface area contributed by atoms with E-state index in [-0.39, 0.29) is 28.7 Å². The van der Waals surface area contributed by atoms with Gasteiger partial charge in [-0.2, -0.15) is 0 Å². The zero-order valence-electron chi connectivity index (χ0n) is 22.1. The van der Waals surface area contributed by atoms with Gasteiger partial charge in [-0.05, 0) is 81.9 Å². The number of fused-ring (bicyclic) bond motifs is 7. The van der Waals surface area contributed by atoms with Gasteiger partial charge in [0.25, 0.3) is 5.91 Å². The van der Waals surface area contributed by atoms with Crippen LogP contribution in [0.3, 0.4) is 0 Å². The summed E-state index contributed by atoms with van der Waals surface area (Å²) < 4.78 is 0. The normalized spacial score (nSPS) is 32.7. The predicted octanol–water partition coefficient (Wildman–Crippen LogP) is 1.29. The average molecular weight is 523 g/mol. The molecule has 5 aliphatic rings. The number of phenols is 1. The van der Waals surface area contributed by atoms with Crippen LogP contribution in [0.1, 0.15) is 35.6 Å². The minimum atomic E-state index is -1.24. The number of nitrogens with zero attached hydrogens (tertiary/aromatic N) is 3. The van der Waals surface area contributed by atoms with Crippen LogP contribution < -0.4 is 10.6 Å². The molecule has 202 valence electrons. The van der Waals surface area contributed by atoms with E-state index in [2.05, 4.69) is 16.8 Å². The number of carbonyl (C=O) groups excluding carboxylic acids is 3. The van der Waals surface area contributed by atoms with E-state index in [0.717, 1.165) is 36.3 Å². The topological polar surface area (TPSA) is 148 Å². The number of aromatic hydroxyl groups is 1. The van der Waals surface area contributed by atoms with Crippen molar-refractivity contribution in [3.8, 4) is 5.75 Å². The molecule has 0 aromatic heterocycles. The molecule has 10 nitrogen and oxygen atoms in total. The summed E-state index contributed by atoms with van der Waals surface area (Å²) >= 11 is 0. The van der Waals surface area contributed by atoms with Crippen LogP contribution in [0.5, 0.6) is 5.75 Å². The smallest absolute Gasteiger partial charge is 0.255 e. The van der Waals surface area contributed by atoms with Crippen molar-refractivity contribution in [2.75, 3.05) is 46.2 Å². The van der Waals surface area contributed by atoms with Crippen LogP contribution in [-0.4, -0.2) is 89.9 Å². The highest BCUT2D eigenvalue weighted by Gasteiger charge is 2.56. The number of phenolic OH excluding ortho intramolecular Hbond substituents is 1. The Morgan fingerprint density at radius 2 is 1.84 bits per heavy atom. The van der Waals surface area contributed by atoms with Crippen LogP contribution in [0.2, 0.25) is 0 Å². The van der Waals surface area contributed by atoms with Crippen LogP contribution in [-0.2, 0) is 20.8 Å². The van der Waals surface area contributed by atoms with Gasteiger partial charge in [-0.15, -0.1) is 0 Å². The zero-order chi connectivity index (χ0) is 27.4. The van der Waals surface area contributed by atoms with Crippen LogP contribution in [0.4, 0.5) is 5.69 Å². The minimum Gasteiger partial charge on any atom is -0.510 e. The summed E-state index contributed by atoms with van der Waals surface area (Å²) in [6, 6.07) is 1.14. The summed E-state index contributed by atoms with van der Waals surface area (Å²) in [6.45, 7) is 1.83. The molecule has 5 N–H and O–H groups in total. The molecule has 0 radical (unpaired) electrons. The summed E-state index contributed by atoms with van der Waals surface area (Å²) in [5.74, 6) is -5.05. The van der Waals surface area contributed by atoms with Crippen LogP contribution in [0.15, 0.2) is 23.0 Å². The van der Waals surface area contributed by atoms with Crippen molar-refractivity contribution in [2.24, 2.45) is 29.4 Å². The first kappa shape index (κ1) is 24.9. The van der Waals surface area contributed by atoms with Gasteiger partial charge in [-0.3, -0.25) is 24.2 Å². The Labute approximate surface area is 221 Å². The number of allylic oxidation sites excluding steroid dienone is 1. The van der Waals surface area contributed by atoms with Crippen molar-refractivity contribution >= 4 is 28.9 Å². The fraction of sp³-hybridized carbons (Fsp3) is 0.536. The van der Waals surface area contributed by atoms with Gasteiger partial charge in [0.2, 0.25) is 0 Å². The van der Waals surface area contributed by atoms with Gasteiger partial charge in [-0.25, -0.2) is 0 Å². The van der Waals surface area contributed by atoms with E-state index >= 15 is 0 Å². The van der Waals surface area contributed by atoms with Crippen molar-refractivity contribution in [2.45, 2.75) is 31.3 Å². The standard InChI is InChI=1S/C28H34N4O6/c1-30(2)23-14-8-12-7-13-18(16(33)9-15-21-11(5-6-31(21)3)10-32(4)22(13)15)24(34)17(12)25(35)19(14)26(36)20(27(23)37)28(29)38/h9,11-12,14,19,21,23,33-34,37H,5-8,10H2,1-4H3,(H2,29,38)/t11?,12-,14+,19-,21?,23-/m1/s1. The SMILES string of the molecule is CN1CC2CCN(C)C2c2cc(O)c3c(c21)C[C@@H]1C[C@H]2[C@@H](C(=O)C(C(N)=O)=C(O)[C@@H]2N(C)C)C(=O)C1=C3O. The summed E-state index contributed by atoms with van der Waals surface area (Å²) in [6.07, 6.45) is 1.83. The first-order chi connectivity index (χ1) is 17.9. The highest BCUT2D eigenvalue weighted by molar-refractivity contribution is 6.28. The van der Waals surface area contributed by atoms with E-state index in [4.69, 9.17) is 5.73 Å². The highest BCUT2D eigenvalue weighted by Crippen LogP contribution is 2.55. The molecule has 1 aromatic rings. The number of primary amides is 1. The molecular weight excluding hydrogens is 488 g/mol. The van der Waals surface area contributed by atoms with Gasteiger partial charge in [0, 0.05) is 30.9 Å². The van der Waals surface area contributed by atoms with Gasteiger partial charge < -0.3 is 26.0 Å². The van der Waals surface area contributed by atoms with Crippen molar-refractivity contribution in [3.05, 3.63) is 39.7 Å². The number of rotatable bonds is 2. The number of likely N-dealkylation sites (N-methyl/N-ethyl adjacent to an activating group) is 1. The lowest BCUT2D eigenvalue weighted by Crippen LogP contribution is -2.55. The Morgan fingerprint density at radius 1 is 1.13 bits per heavy atom. The van der Waals surface area contributed by atoms with Crippen LogP contribution in [0, 0.1) is 23.7 Å². The zero-order valence-corrected chi connectivity index (χ0v) is 22.1. The largest absolute Gasteiger partial charge is 0.510 e. The molecule has 0 bridgehead atoms. The van der Waals surface area contributed by atoms with Gasteiger partial charge in [0.15, 0.2) is 11.6 Å². The Bertz CT molecular complexity index is 1360. The predicted molar refractivity (Wildman–Crippen MR) is 140 cm³/mol. The van der Waals surface area contributed by atoms with Crippen molar-refractivity contribution < 1.29 is 29.7 Å². The third kappa shape index (κ3) is 3.16. The summed E-state index contributed by atoms with van der Waals surface area (Å²) in [5.41, 5.74) is 8.05. The monoisotopic (exact) mass is 522 g/mol. The van der Waals surface area contributed by atoms with E-state index in [9.17, 15) is 29.7 Å². The van der Waals surface area contributed by atoms with E-state index in [1.165, 1.54) is 0 Å². The van der Waals surface area contributed by atoms with E-state index in [1.54, 1.807) is 25.1 Å². The second-order valence-electron chi connectivity index (χ2n) is 11.8. The third-order valence-corrected chi connectivity index (χ3v) is 9.55. The number of anilines is 1. The molecule has 1 saturated heterocycles. The maximum absolute atomic E-state index is 13.9. The number of carbonyl (C=O) groups is 3. The second-order valence-corrected chi connectivity index (χ2v) is 11.8. The van der Waals surface area contributed by atoms with Crippen molar-refractivity contribution in [3.63, 3.8) is 0 Å². The first-order valence-electron chi connectivity index (χ1n) is 13.1. The molecule has 6 atom stereocenters. The lowest BCUT2D eigenvalue weighted by Gasteiger charge is -2.47. The Hall–Kier alpha value is -3.37. The Balaban J connectivity index is 1.51. The van der Waals surface area contributed by atoms with Crippen LogP contribution >= 0.6 is 0 Å². The molecule has 2 aliphatic heterocycles. The molecule has 6 rings (SSSR count). The first-order valence-corrected chi connectivity index (χ1v) is 13.1. The number of amides is 1. The van der Waals surface area contributed by atoms with E-state index in [0.29, 0.717) is 18.8 Å². The fourth-order valence-corrected chi connectivity index (χ4v) is 8.18. The van der Waals surface area contributed by atoms with E-state index in [1.807, 2.05) is 7.05 Å². The maximum Gasteiger partial charge on any atom is 0.255 e. The molecule has 2 fully saturated rings. The van der Waals surface area contributed by atoms with Gasteiger partial charge in [0.05, 0.1) is 17.5 Å². The number of likely N-dealkylation sites (tertiary alicyclic amines) is 1. The third-order valence-electron chi connectivity index (χ3n) is 9.55. The quantitative estimate of drug-likeness (QED) is 0.333. The number of Topliss-reactive ketones (excluding diaryl/α,β-unsaturated/α-hetero) is 2. The van der Waals surface area contributed by atoms with E-state index < -0.39 is 52.6 Å². The molecule has 2 unspecified atom stereocenters. The highest BCUT2D eigenvalue weighted by atomic mass is 16.3. The molecule has 3 aliphatic carbocycles. The number of hydrogen-bond acceptors (Lipinski definition) is 9. The second kappa shape index (κ2) is 8.31. The Kier molecular flexibility index (Phi) is 5.46. The molecule has 1 aromatic carbocycles. The molecule has 2 heterocycles. The lowest BCUT2D eigenvalue weighted by molar-refractivity contribution is -0.136. The molecule has 38 heavy (non-hydrogen) atoms. The molecule has 1 saturated carbocycles. The number of aliphatic hydroxyl groups excluding tert-OH is 2.